The average molecular weight is 247 g/mol. The molecule has 94 valence electrons. The molecule has 1 N–H and O–H groups in total. The van der Waals surface area contributed by atoms with Gasteiger partial charge in [-0.2, -0.15) is 4.68 Å². The molecule has 1 heterocycles. The summed E-state index contributed by atoms with van der Waals surface area (Å²) in [5.74, 6) is 0.304. The van der Waals surface area contributed by atoms with Crippen LogP contribution in [0.5, 0.6) is 0 Å². The van der Waals surface area contributed by atoms with Crippen LogP contribution in [0.15, 0.2) is 30.3 Å². The third-order valence-corrected chi connectivity index (χ3v) is 2.31. The van der Waals surface area contributed by atoms with Gasteiger partial charge in [-0.1, -0.05) is 18.2 Å². The first-order valence-electron chi connectivity index (χ1n) is 5.41. The summed E-state index contributed by atoms with van der Waals surface area (Å²) in [5, 5.41) is 14.3. The quantitative estimate of drug-likeness (QED) is 0.744. The number of benzene rings is 1. The molecule has 0 bridgehead atoms. The van der Waals surface area contributed by atoms with Crippen molar-refractivity contribution in [3.63, 3.8) is 0 Å². The number of nitrogens with zero attached hydrogens (tertiary/aromatic N) is 4. The molecule has 0 saturated heterocycles. The number of aromatic nitrogens is 4. The Bertz CT molecular complexity index is 511. The number of carbonyl (C=O) groups is 1. The maximum absolute atomic E-state index is 11.0. The minimum absolute atomic E-state index is 0.123. The van der Waals surface area contributed by atoms with Crippen molar-refractivity contribution in [2.24, 2.45) is 0 Å². The lowest BCUT2D eigenvalue weighted by Gasteiger charge is -2.05. The summed E-state index contributed by atoms with van der Waals surface area (Å²) in [6.07, 6.45) is 0. The van der Waals surface area contributed by atoms with Gasteiger partial charge in [0, 0.05) is 0 Å². The number of tetrazole rings is 1. The van der Waals surface area contributed by atoms with Crippen molar-refractivity contribution in [3.05, 3.63) is 36.2 Å². The Labute approximate surface area is 104 Å². The van der Waals surface area contributed by atoms with Gasteiger partial charge < -0.3 is 4.74 Å². The lowest BCUT2D eigenvalue weighted by molar-refractivity contribution is -0.139. The molecule has 0 atom stereocenters. The molecule has 7 heteroatoms. The van der Waals surface area contributed by atoms with Gasteiger partial charge >= 0.3 is 5.97 Å². The molecule has 0 aliphatic carbocycles. The number of ether oxygens (including phenoxy) is 1. The topological polar surface area (TPSA) is 81.9 Å². The first-order chi connectivity index (χ1) is 8.81. The van der Waals surface area contributed by atoms with Gasteiger partial charge in [0.1, 0.15) is 0 Å². The van der Waals surface area contributed by atoms with Gasteiger partial charge in [-0.05, 0) is 22.6 Å². The van der Waals surface area contributed by atoms with E-state index in [4.69, 9.17) is 0 Å². The van der Waals surface area contributed by atoms with Crippen LogP contribution in [0.2, 0.25) is 0 Å². The van der Waals surface area contributed by atoms with E-state index in [9.17, 15) is 4.79 Å². The molecule has 1 aromatic carbocycles. The first kappa shape index (κ1) is 12.2. The summed E-state index contributed by atoms with van der Waals surface area (Å²) in [5.41, 5.74) is 0.873. The highest BCUT2D eigenvalue weighted by Gasteiger charge is 2.08. The average Bonchev–Trinajstić information content (AvgIpc) is 2.88. The van der Waals surface area contributed by atoms with Gasteiger partial charge in [0.2, 0.25) is 0 Å². The molecule has 0 aliphatic rings. The molecule has 2 aromatic rings. The van der Waals surface area contributed by atoms with Crippen molar-refractivity contribution < 1.29 is 9.53 Å². The number of hydrogen-bond donors (Lipinski definition) is 1. The zero-order valence-corrected chi connectivity index (χ0v) is 9.91. The number of carbonyl (C=O) groups excluding carboxylic acids is 1. The molecular weight excluding hydrogens is 234 g/mol. The van der Waals surface area contributed by atoms with Crippen LogP contribution in [0.3, 0.4) is 0 Å². The molecule has 0 amide bonds. The second-order valence-electron chi connectivity index (χ2n) is 3.52. The lowest BCUT2D eigenvalue weighted by Crippen LogP contribution is -2.25. The zero-order valence-electron chi connectivity index (χ0n) is 9.91. The van der Waals surface area contributed by atoms with Crippen LogP contribution in [0.1, 0.15) is 5.82 Å². The molecule has 18 heavy (non-hydrogen) atoms. The van der Waals surface area contributed by atoms with E-state index in [2.05, 4.69) is 25.6 Å². The predicted octanol–water partition coefficient (Wildman–Crippen LogP) is -0.0751. The number of esters is 1. The van der Waals surface area contributed by atoms with Gasteiger partial charge in [-0.15, -0.1) is 5.10 Å². The predicted molar refractivity (Wildman–Crippen MR) is 62.9 cm³/mol. The van der Waals surface area contributed by atoms with Gasteiger partial charge in [0.25, 0.3) is 0 Å². The monoisotopic (exact) mass is 247 g/mol. The molecule has 0 radical (unpaired) electrons. The van der Waals surface area contributed by atoms with Crippen molar-refractivity contribution >= 4 is 5.97 Å². The number of para-hydroxylation sites is 1. The van der Waals surface area contributed by atoms with Crippen molar-refractivity contribution in [2.45, 2.75) is 6.54 Å². The number of nitrogens with one attached hydrogen (secondary N) is 1. The zero-order chi connectivity index (χ0) is 12.8. The van der Waals surface area contributed by atoms with Crippen LogP contribution in [-0.2, 0) is 16.1 Å². The second kappa shape index (κ2) is 5.87. The molecule has 0 unspecified atom stereocenters. The van der Waals surface area contributed by atoms with Gasteiger partial charge in [-0.25, -0.2) is 0 Å². The van der Waals surface area contributed by atoms with Gasteiger partial charge in [0.15, 0.2) is 5.82 Å². The fraction of sp³-hybridized carbons (Fsp3) is 0.273. The largest absolute Gasteiger partial charge is 0.468 e. The maximum atomic E-state index is 11.0. The highest BCUT2D eigenvalue weighted by atomic mass is 16.5. The lowest BCUT2D eigenvalue weighted by atomic mass is 10.3. The van der Waals surface area contributed by atoms with E-state index in [1.807, 2.05) is 30.3 Å². The molecule has 7 nitrogen and oxygen atoms in total. The van der Waals surface area contributed by atoms with Crippen LogP contribution in [0, 0.1) is 0 Å². The van der Waals surface area contributed by atoms with Crippen molar-refractivity contribution in [2.75, 3.05) is 13.7 Å². The normalized spacial score (nSPS) is 10.3. The minimum atomic E-state index is -0.325. The Morgan fingerprint density at radius 1 is 1.39 bits per heavy atom. The van der Waals surface area contributed by atoms with E-state index in [1.165, 1.54) is 7.11 Å². The molecule has 0 spiro atoms. The third kappa shape index (κ3) is 2.89. The Hall–Kier alpha value is -2.28. The summed E-state index contributed by atoms with van der Waals surface area (Å²) in [7, 11) is 1.35. The van der Waals surface area contributed by atoms with E-state index in [0.717, 1.165) is 5.69 Å². The van der Waals surface area contributed by atoms with E-state index < -0.39 is 0 Å². The summed E-state index contributed by atoms with van der Waals surface area (Å²) in [4.78, 5) is 11.0. The molecular formula is C11H13N5O2. The SMILES string of the molecule is COC(=O)CNCc1nnnn1-c1ccccc1. The summed E-state index contributed by atoms with van der Waals surface area (Å²) in [6, 6.07) is 9.54. The summed E-state index contributed by atoms with van der Waals surface area (Å²) < 4.78 is 6.14. The van der Waals surface area contributed by atoms with E-state index in [1.54, 1.807) is 4.68 Å². The van der Waals surface area contributed by atoms with Crippen LogP contribution >= 0.6 is 0 Å². The van der Waals surface area contributed by atoms with Crippen LogP contribution in [0.4, 0.5) is 0 Å². The number of methoxy groups -OCH3 is 1. The summed E-state index contributed by atoms with van der Waals surface area (Å²) >= 11 is 0. The molecule has 1 aromatic heterocycles. The first-order valence-corrected chi connectivity index (χ1v) is 5.41. The molecule has 2 rings (SSSR count). The van der Waals surface area contributed by atoms with E-state index >= 15 is 0 Å². The van der Waals surface area contributed by atoms with Gasteiger partial charge in [-0.3, -0.25) is 10.1 Å². The Morgan fingerprint density at radius 3 is 2.89 bits per heavy atom. The van der Waals surface area contributed by atoms with Crippen LogP contribution in [-0.4, -0.2) is 39.8 Å². The minimum Gasteiger partial charge on any atom is -0.468 e. The fourth-order valence-electron chi connectivity index (χ4n) is 1.43. The van der Waals surface area contributed by atoms with Crippen molar-refractivity contribution in [1.29, 1.82) is 0 Å². The third-order valence-electron chi connectivity index (χ3n) is 2.31. The van der Waals surface area contributed by atoms with Crippen molar-refractivity contribution in [1.82, 2.24) is 25.5 Å². The summed E-state index contributed by atoms with van der Waals surface area (Å²) in [6.45, 7) is 0.509. The fourth-order valence-corrected chi connectivity index (χ4v) is 1.43. The molecule has 0 aliphatic heterocycles. The highest BCUT2D eigenvalue weighted by molar-refractivity contribution is 5.71. The standard InChI is InChI=1S/C11H13N5O2/c1-18-11(17)8-12-7-10-13-14-15-16(10)9-5-3-2-4-6-9/h2-6,12H,7-8H2,1H3. The highest BCUT2D eigenvalue weighted by Crippen LogP contribution is 2.06. The Balaban J connectivity index is 2.03. The maximum Gasteiger partial charge on any atom is 0.319 e. The van der Waals surface area contributed by atoms with Gasteiger partial charge in [0.05, 0.1) is 25.9 Å². The molecule has 0 saturated carbocycles. The van der Waals surface area contributed by atoms with Crippen LogP contribution < -0.4 is 5.32 Å². The van der Waals surface area contributed by atoms with E-state index in [0.29, 0.717) is 12.4 Å². The molecule has 0 fully saturated rings. The van der Waals surface area contributed by atoms with E-state index in [-0.39, 0.29) is 12.5 Å². The number of hydrogen-bond acceptors (Lipinski definition) is 6. The van der Waals surface area contributed by atoms with Crippen LogP contribution in [0.25, 0.3) is 5.69 Å². The van der Waals surface area contributed by atoms with Crippen molar-refractivity contribution in [3.8, 4) is 5.69 Å². The number of rotatable bonds is 5. The second-order valence-corrected chi connectivity index (χ2v) is 3.52. The Morgan fingerprint density at radius 2 is 2.17 bits per heavy atom. The smallest absolute Gasteiger partial charge is 0.319 e. The Kier molecular flexibility index (Phi) is 3.98.